The lowest BCUT2D eigenvalue weighted by Gasteiger charge is -2.41. The molecule has 6 nitrogen and oxygen atoms in total. The van der Waals surface area contributed by atoms with E-state index in [2.05, 4.69) is 19.2 Å². The zero-order chi connectivity index (χ0) is 22.9. The summed E-state index contributed by atoms with van der Waals surface area (Å²) in [6.07, 6.45) is 3.90. The minimum atomic E-state index is -3.35. The van der Waals surface area contributed by atoms with Crippen molar-refractivity contribution < 1.29 is 17.9 Å². The molecule has 1 N–H and O–H groups in total. The van der Waals surface area contributed by atoms with Crippen molar-refractivity contribution in [3.8, 4) is 5.75 Å². The molecule has 2 aliphatic heterocycles. The number of hydrogen-bond acceptors (Lipinski definition) is 4. The van der Waals surface area contributed by atoms with Crippen LogP contribution in [0.2, 0.25) is 0 Å². The molecule has 1 fully saturated rings. The Bertz CT molecular complexity index is 1110. The Morgan fingerprint density at radius 2 is 1.91 bits per heavy atom. The number of carbonyl (C=O) groups excluding carboxylic acids is 1. The fraction of sp³-hybridized carbons (Fsp3) is 0.480. The molecule has 0 aromatic heterocycles. The molecule has 0 unspecified atom stereocenters. The lowest BCUT2D eigenvalue weighted by molar-refractivity contribution is 0.0227. The lowest BCUT2D eigenvalue weighted by Crippen LogP contribution is -2.44. The van der Waals surface area contributed by atoms with Crippen LogP contribution in [0.5, 0.6) is 5.75 Å². The Kier molecular flexibility index (Phi) is 6.21. The molecule has 0 aliphatic carbocycles. The molecule has 0 radical (unpaired) electrons. The molecule has 2 aliphatic rings. The number of nitrogens with one attached hydrogen (secondary N) is 1. The summed E-state index contributed by atoms with van der Waals surface area (Å²) in [5, 5.41) is 3.20. The van der Waals surface area contributed by atoms with Crippen molar-refractivity contribution in [1.29, 1.82) is 0 Å². The number of anilines is 1. The second-order valence-electron chi connectivity index (χ2n) is 8.86. The molecule has 172 valence electrons. The van der Waals surface area contributed by atoms with Crippen molar-refractivity contribution in [2.75, 3.05) is 16.6 Å². The average molecular weight is 457 g/mol. The fourth-order valence-corrected chi connectivity index (χ4v) is 6.44. The first-order valence-electron chi connectivity index (χ1n) is 11.5. The molecule has 0 saturated carbocycles. The number of aryl methyl sites for hydroxylation is 1. The minimum Gasteiger partial charge on any atom is -0.487 e. The number of fused-ring (bicyclic) bond motifs is 1. The van der Waals surface area contributed by atoms with Gasteiger partial charge in [-0.05, 0) is 56.4 Å². The van der Waals surface area contributed by atoms with Gasteiger partial charge in [0.25, 0.3) is 5.91 Å². The fourth-order valence-electron chi connectivity index (χ4n) is 4.75. The van der Waals surface area contributed by atoms with Crippen molar-refractivity contribution >= 4 is 21.6 Å². The van der Waals surface area contributed by atoms with E-state index in [4.69, 9.17) is 4.74 Å². The van der Waals surface area contributed by atoms with Crippen molar-refractivity contribution in [1.82, 2.24) is 5.32 Å². The van der Waals surface area contributed by atoms with E-state index in [1.54, 1.807) is 12.1 Å². The maximum atomic E-state index is 13.3. The zero-order valence-corrected chi connectivity index (χ0v) is 19.9. The van der Waals surface area contributed by atoms with Gasteiger partial charge in [-0.15, -0.1) is 0 Å². The highest BCUT2D eigenvalue weighted by Crippen LogP contribution is 2.42. The quantitative estimate of drug-likeness (QED) is 0.705. The zero-order valence-electron chi connectivity index (χ0n) is 19.1. The summed E-state index contributed by atoms with van der Waals surface area (Å²) in [5.74, 6) is 0.762. The molecule has 4 rings (SSSR count). The summed E-state index contributed by atoms with van der Waals surface area (Å²) in [5.41, 5.74) is 2.57. The van der Waals surface area contributed by atoms with E-state index in [9.17, 15) is 13.2 Å². The van der Waals surface area contributed by atoms with Gasteiger partial charge in [0.15, 0.2) is 0 Å². The number of amides is 1. The Morgan fingerprint density at radius 1 is 1.16 bits per heavy atom. The molecular weight excluding hydrogens is 424 g/mol. The standard InChI is InChI=1S/C25H32N2O4S/c1-4-25(5-2)17-21(20-10-6-7-11-23(20)31-25)26-24(28)19-13-12-18(3)22(16-19)27-14-8-9-15-32(27,29)30/h6-7,10-13,16,21H,4-5,8-9,14-15,17H2,1-3H3,(H,26,28)/t21-/m0/s1. The number of rotatable bonds is 5. The van der Waals surface area contributed by atoms with E-state index in [-0.39, 0.29) is 23.3 Å². The third-order valence-electron chi connectivity index (χ3n) is 6.88. The van der Waals surface area contributed by atoms with Gasteiger partial charge in [0, 0.05) is 24.1 Å². The molecule has 0 spiro atoms. The number of hydrogen-bond donors (Lipinski definition) is 1. The van der Waals surface area contributed by atoms with Crippen LogP contribution in [0.3, 0.4) is 0 Å². The Labute approximate surface area is 191 Å². The second kappa shape index (κ2) is 8.77. The Morgan fingerprint density at radius 3 is 2.62 bits per heavy atom. The Balaban J connectivity index is 1.63. The summed E-state index contributed by atoms with van der Waals surface area (Å²) in [7, 11) is -3.35. The van der Waals surface area contributed by atoms with Crippen molar-refractivity contribution in [3.05, 3.63) is 59.2 Å². The van der Waals surface area contributed by atoms with E-state index >= 15 is 0 Å². The van der Waals surface area contributed by atoms with Gasteiger partial charge in [-0.3, -0.25) is 9.10 Å². The van der Waals surface area contributed by atoms with E-state index in [0.717, 1.165) is 36.1 Å². The van der Waals surface area contributed by atoms with Crippen molar-refractivity contribution in [2.45, 2.75) is 64.5 Å². The summed E-state index contributed by atoms with van der Waals surface area (Å²) in [6.45, 7) is 6.56. The minimum absolute atomic E-state index is 0.151. The van der Waals surface area contributed by atoms with Crippen molar-refractivity contribution in [2.24, 2.45) is 0 Å². The third kappa shape index (κ3) is 4.22. The molecule has 2 heterocycles. The predicted octanol–water partition coefficient (Wildman–Crippen LogP) is 4.74. The van der Waals surface area contributed by atoms with Crippen LogP contribution in [0.25, 0.3) is 0 Å². The second-order valence-corrected chi connectivity index (χ2v) is 10.9. The predicted molar refractivity (Wildman–Crippen MR) is 127 cm³/mol. The maximum absolute atomic E-state index is 13.3. The van der Waals surface area contributed by atoms with Crippen LogP contribution >= 0.6 is 0 Å². The lowest BCUT2D eigenvalue weighted by atomic mass is 9.83. The van der Waals surface area contributed by atoms with Gasteiger partial charge in [0.2, 0.25) is 10.0 Å². The van der Waals surface area contributed by atoms with Gasteiger partial charge in [-0.1, -0.05) is 38.1 Å². The van der Waals surface area contributed by atoms with E-state index in [0.29, 0.717) is 30.6 Å². The number of benzene rings is 2. The van der Waals surface area contributed by atoms with Crippen LogP contribution in [0.15, 0.2) is 42.5 Å². The largest absolute Gasteiger partial charge is 0.487 e. The molecule has 1 atom stereocenters. The summed E-state index contributed by atoms with van der Waals surface area (Å²) >= 11 is 0. The molecule has 0 bridgehead atoms. The van der Waals surface area contributed by atoms with Gasteiger partial charge in [-0.25, -0.2) is 8.42 Å². The normalized spacial score (nSPS) is 21.3. The molecule has 1 saturated heterocycles. The van der Waals surface area contributed by atoms with E-state index < -0.39 is 10.0 Å². The van der Waals surface area contributed by atoms with Crippen LogP contribution in [0, 0.1) is 6.92 Å². The average Bonchev–Trinajstić information content (AvgIpc) is 2.79. The maximum Gasteiger partial charge on any atom is 0.251 e. The number of carbonyl (C=O) groups is 1. The van der Waals surface area contributed by atoms with Crippen LogP contribution in [0.4, 0.5) is 5.69 Å². The van der Waals surface area contributed by atoms with Gasteiger partial charge in [0.05, 0.1) is 17.5 Å². The van der Waals surface area contributed by atoms with Crippen LogP contribution in [0.1, 0.15) is 73.5 Å². The summed E-state index contributed by atoms with van der Waals surface area (Å²) in [4.78, 5) is 13.3. The number of nitrogens with zero attached hydrogens (tertiary/aromatic N) is 1. The smallest absolute Gasteiger partial charge is 0.251 e. The third-order valence-corrected chi connectivity index (χ3v) is 8.74. The van der Waals surface area contributed by atoms with Crippen LogP contribution in [-0.2, 0) is 10.0 Å². The topological polar surface area (TPSA) is 75.7 Å². The Hall–Kier alpha value is -2.54. The first-order valence-corrected chi connectivity index (χ1v) is 13.1. The van der Waals surface area contributed by atoms with Gasteiger partial charge >= 0.3 is 0 Å². The number of para-hydroxylation sites is 1. The SMILES string of the molecule is CCC1(CC)C[C@H](NC(=O)c2ccc(C)c(N3CCCCS3(=O)=O)c2)c2ccccc2O1. The monoisotopic (exact) mass is 456 g/mol. The van der Waals surface area contributed by atoms with Gasteiger partial charge < -0.3 is 10.1 Å². The highest BCUT2D eigenvalue weighted by Gasteiger charge is 2.39. The first kappa shape index (κ1) is 22.6. The molecular formula is C25H32N2O4S. The molecule has 32 heavy (non-hydrogen) atoms. The number of ether oxygens (including phenoxy) is 1. The van der Waals surface area contributed by atoms with Crippen LogP contribution in [-0.4, -0.2) is 32.2 Å². The van der Waals surface area contributed by atoms with Gasteiger partial charge in [0.1, 0.15) is 11.4 Å². The van der Waals surface area contributed by atoms with Gasteiger partial charge in [-0.2, -0.15) is 0 Å². The molecule has 2 aromatic rings. The molecule has 7 heteroatoms. The summed E-state index contributed by atoms with van der Waals surface area (Å²) in [6, 6.07) is 13.0. The molecule has 1 amide bonds. The van der Waals surface area contributed by atoms with E-state index in [1.807, 2.05) is 37.3 Å². The first-order chi connectivity index (χ1) is 15.3. The van der Waals surface area contributed by atoms with E-state index in [1.165, 1.54) is 4.31 Å². The van der Waals surface area contributed by atoms with Crippen LogP contribution < -0.4 is 14.4 Å². The summed E-state index contributed by atoms with van der Waals surface area (Å²) < 4.78 is 33.0. The number of sulfonamides is 1. The molecule has 2 aromatic carbocycles. The highest BCUT2D eigenvalue weighted by atomic mass is 32.2. The van der Waals surface area contributed by atoms with Crippen molar-refractivity contribution in [3.63, 3.8) is 0 Å². The highest BCUT2D eigenvalue weighted by molar-refractivity contribution is 7.92.